The third kappa shape index (κ3) is 6.40. The highest BCUT2D eigenvalue weighted by Crippen LogP contribution is 2.22. The first-order valence-electron chi connectivity index (χ1n) is 8.83. The van der Waals surface area contributed by atoms with E-state index in [0.717, 1.165) is 5.56 Å². The van der Waals surface area contributed by atoms with Gasteiger partial charge in [-0.15, -0.1) is 11.8 Å². The van der Waals surface area contributed by atoms with Crippen molar-refractivity contribution >= 4 is 62.3 Å². The molecule has 0 aliphatic heterocycles. The molecule has 5 nitrogen and oxygen atoms in total. The molecule has 0 aliphatic rings. The smallest absolute Gasteiger partial charge is 0.261 e. The van der Waals surface area contributed by atoms with E-state index in [1.165, 1.54) is 23.9 Å². The summed E-state index contributed by atoms with van der Waals surface area (Å²) in [6.07, 6.45) is 0. The lowest BCUT2D eigenvalue weighted by Crippen LogP contribution is -2.15. The van der Waals surface area contributed by atoms with Gasteiger partial charge in [-0.25, -0.2) is 8.42 Å². The Morgan fingerprint density at radius 1 is 0.867 bits per heavy atom. The molecule has 0 aromatic heterocycles. The molecule has 1 amide bonds. The van der Waals surface area contributed by atoms with E-state index in [9.17, 15) is 13.2 Å². The van der Waals surface area contributed by atoms with Crippen LogP contribution in [0.15, 0.2) is 77.7 Å². The van der Waals surface area contributed by atoms with Crippen molar-refractivity contribution in [2.45, 2.75) is 10.6 Å². The van der Waals surface area contributed by atoms with Crippen LogP contribution < -0.4 is 10.0 Å². The van der Waals surface area contributed by atoms with E-state index in [4.69, 9.17) is 23.2 Å². The first kappa shape index (κ1) is 22.5. The molecular weight excluding hydrogens is 463 g/mol. The van der Waals surface area contributed by atoms with Crippen LogP contribution in [0.2, 0.25) is 10.0 Å². The molecule has 0 saturated carbocycles. The van der Waals surface area contributed by atoms with Crippen LogP contribution in [-0.4, -0.2) is 20.1 Å². The molecule has 2 N–H and O–H groups in total. The second-order valence-electron chi connectivity index (χ2n) is 6.27. The van der Waals surface area contributed by atoms with E-state index < -0.39 is 10.0 Å². The van der Waals surface area contributed by atoms with Gasteiger partial charge in [0.2, 0.25) is 5.91 Å². The fraction of sp³-hybridized carbons (Fsp3) is 0.0952. The maximum absolute atomic E-state index is 12.5. The van der Waals surface area contributed by atoms with E-state index in [-0.39, 0.29) is 16.6 Å². The van der Waals surface area contributed by atoms with Gasteiger partial charge in [-0.3, -0.25) is 9.52 Å². The van der Waals surface area contributed by atoms with Gasteiger partial charge >= 0.3 is 0 Å². The zero-order chi connectivity index (χ0) is 21.6. The molecule has 0 fully saturated rings. The molecule has 30 heavy (non-hydrogen) atoms. The molecule has 0 radical (unpaired) electrons. The predicted molar refractivity (Wildman–Crippen MR) is 125 cm³/mol. The molecule has 0 unspecified atom stereocenters. The quantitative estimate of drug-likeness (QED) is 0.435. The van der Waals surface area contributed by atoms with Crippen molar-refractivity contribution in [2.24, 2.45) is 0 Å². The fourth-order valence-electron chi connectivity index (χ4n) is 2.52. The van der Waals surface area contributed by atoms with Crippen LogP contribution in [0.25, 0.3) is 0 Å². The summed E-state index contributed by atoms with van der Waals surface area (Å²) in [5.41, 5.74) is 1.90. The van der Waals surface area contributed by atoms with Crippen LogP contribution in [0.3, 0.4) is 0 Å². The average molecular weight is 481 g/mol. The highest BCUT2D eigenvalue weighted by atomic mass is 35.5. The zero-order valence-electron chi connectivity index (χ0n) is 15.6. The van der Waals surface area contributed by atoms with Crippen LogP contribution in [0.4, 0.5) is 11.4 Å². The van der Waals surface area contributed by atoms with Crippen LogP contribution in [-0.2, 0) is 20.6 Å². The number of carbonyl (C=O) groups excluding carboxylic acids is 1. The highest BCUT2D eigenvalue weighted by Gasteiger charge is 2.14. The number of nitrogens with one attached hydrogen (secondary N) is 2. The van der Waals surface area contributed by atoms with Crippen molar-refractivity contribution in [3.8, 4) is 0 Å². The van der Waals surface area contributed by atoms with Crippen LogP contribution in [0.1, 0.15) is 5.56 Å². The summed E-state index contributed by atoms with van der Waals surface area (Å²) in [5, 5.41) is 3.95. The number of carbonyl (C=O) groups is 1. The Bertz CT molecular complexity index is 1120. The molecule has 3 aromatic rings. The number of amides is 1. The number of hydrogen-bond acceptors (Lipinski definition) is 4. The molecule has 0 heterocycles. The lowest BCUT2D eigenvalue weighted by molar-refractivity contribution is -0.113. The van der Waals surface area contributed by atoms with E-state index in [1.807, 2.05) is 24.3 Å². The van der Waals surface area contributed by atoms with Gasteiger partial charge in [0, 0.05) is 27.2 Å². The van der Waals surface area contributed by atoms with Gasteiger partial charge in [-0.1, -0.05) is 41.4 Å². The first-order chi connectivity index (χ1) is 14.3. The van der Waals surface area contributed by atoms with Crippen LogP contribution in [0, 0.1) is 0 Å². The van der Waals surface area contributed by atoms with Gasteiger partial charge in [-0.2, -0.15) is 0 Å². The van der Waals surface area contributed by atoms with Crippen molar-refractivity contribution in [3.63, 3.8) is 0 Å². The number of sulfonamides is 1. The predicted octanol–water partition coefficient (Wildman–Crippen LogP) is 5.67. The third-order valence-electron chi connectivity index (χ3n) is 3.99. The Morgan fingerprint density at radius 3 is 2.17 bits per heavy atom. The minimum Gasteiger partial charge on any atom is -0.325 e. The average Bonchev–Trinajstić information content (AvgIpc) is 2.71. The Labute approximate surface area is 189 Å². The van der Waals surface area contributed by atoms with Gasteiger partial charge in [0.15, 0.2) is 0 Å². The second kappa shape index (κ2) is 10.2. The summed E-state index contributed by atoms with van der Waals surface area (Å²) in [5.74, 6) is 0.700. The second-order valence-corrected chi connectivity index (χ2v) is 9.78. The monoisotopic (exact) mass is 480 g/mol. The topological polar surface area (TPSA) is 75.3 Å². The van der Waals surface area contributed by atoms with Gasteiger partial charge in [0.1, 0.15) is 0 Å². The SMILES string of the molecule is O=C(CSCc1ccccc1Cl)Nc1ccc(S(=O)(=O)Nc2ccc(Cl)cc2)cc1. The van der Waals surface area contributed by atoms with Crippen molar-refractivity contribution in [1.29, 1.82) is 0 Å². The van der Waals surface area contributed by atoms with Crippen molar-refractivity contribution in [3.05, 3.63) is 88.4 Å². The third-order valence-corrected chi connectivity index (χ3v) is 6.99. The summed E-state index contributed by atoms with van der Waals surface area (Å²) >= 11 is 13.4. The molecule has 0 bridgehead atoms. The van der Waals surface area contributed by atoms with Crippen molar-refractivity contribution in [1.82, 2.24) is 0 Å². The minimum atomic E-state index is -3.74. The summed E-state index contributed by atoms with van der Waals surface area (Å²) in [7, 11) is -3.74. The van der Waals surface area contributed by atoms with Gasteiger partial charge in [-0.05, 0) is 60.2 Å². The lowest BCUT2D eigenvalue weighted by Gasteiger charge is -2.10. The normalized spacial score (nSPS) is 11.1. The van der Waals surface area contributed by atoms with Gasteiger partial charge < -0.3 is 5.32 Å². The molecular formula is C21H18Cl2N2O3S2. The maximum Gasteiger partial charge on any atom is 0.261 e. The number of anilines is 2. The van der Waals surface area contributed by atoms with Crippen LogP contribution >= 0.6 is 35.0 Å². The lowest BCUT2D eigenvalue weighted by atomic mass is 10.2. The highest BCUT2D eigenvalue weighted by molar-refractivity contribution is 7.99. The molecule has 156 valence electrons. The molecule has 3 rings (SSSR count). The van der Waals surface area contributed by atoms with Crippen molar-refractivity contribution < 1.29 is 13.2 Å². The van der Waals surface area contributed by atoms with E-state index in [2.05, 4.69) is 10.0 Å². The standard InChI is InChI=1S/C21H18Cl2N2O3S2/c22-16-5-7-18(8-6-16)25-30(27,28)19-11-9-17(10-12-19)24-21(26)14-29-13-15-3-1-2-4-20(15)23/h1-12,25H,13-14H2,(H,24,26). The summed E-state index contributed by atoms with van der Waals surface area (Å²) in [4.78, 5) is 12.2. The van der Waals surface area contributed by atoms with Gasteiger partial charge in [0.25, 0.3) is 10.0 Å². The number of halogens is 2. The maximum atomic E-state index is 12.5. The Kier molecular flexibility index (Phi) is 7.66. The number of benzene rings is 3. The fourth-order valence-corrected chi connectivity index (χ4v) is 4.81. The Balaban J connectivity index is 1.54. The minimum absolute atomic E-state index is 0.0866. The van der Waals surface area contributed by atoms with Crippen LogP contribution in [0.5, 0.6) is 0 Å². The summed E-state index contributed by atoms with van der Waals surface area (Å²) in [6, 6.07) is 19.8. The van der Waals surface area contributed by atoms with E-state index >= 15 is 0 Å². The molecule has 0 aliphatic carbocycles. The Hall–Kier alpha value is -2.19. The van der Waals surface area contributed by atoms with E-state index in [1.54, 1.807) is 36.4 Å². The number of hydrogen-bond donors (Lipinski definition) is 2. The molecule has 3 aromatic carbocycles. The largest absolute Gasteiger partial charge is 0.325 e. The molecule has 0 atom stereocenters. The first-order valence-corrected chi connectivity index (χ1v) is 12.2. The Morgan fingerprint density at radius 2 is 1.50 bits per heavy atom. The summed E-state index contributed by atoms with van der Waals surface area (Å²) < 4.78 is 27.4. The number of thioether (sulfide) groups is 1. The van der Waals surface area contributed by atoms with Gasteiger partial charge in [0.05, 0.1) is 10.6 Å². The molecule has 0 saturated heterocycles. The number of rotatable bonds is 8. The zero-order valence-corrected chi connectivity index (χ0v) is 18.8. The van der Waals surface area contributed by atoms with E-state index in [0.29, 0.717) is 27.2 Å². The molecule has 0 spiro atoms. The van der Waals surface area contributed by atoms with Crippen molar-refractivity contribution in [2.75, 3.05) is 15.8 Å². The summed E-state index contributed by atoms with van der Waals surface area (Å²) in [6.45, 7) is 0. The molecule has 9 heteroatoms.